The molecule has 2 rings (SSSR count). The summed E-state index contributed by atoms with van der Waals surface area (Å²) >= 11 is 0. The molecule has 1 atom stereocenters. The lowest BCUT2D eigenvalue weighted by molar-refractivity contribution is 0.590. The number of benzene rings is 1. The van der Waals surface area contributed by atoms with Gasteiger partial charge in [-0.25, -0.2) is 4.79 Å². The highest BCUT2D eigenvalue weighted by Gasteiger charge is 2.07. The predicted octanol–water partition coefficient (Wildman–Crippen LogP) is 0.887. The molecule has 0 spiro atoms. The Morgan fingerprint density at radius 1 is 1.35 bits per heavy atom. The number of imidazole rings is 1. The zero-order valence-electron chi connectivity index (χ0n) is 10.2. The second-order valence-electron chi connectivity index (χ2n) is 4.53. The van der Waals surface area contributed by atoms with Gasteiger partial charge in [-0.05, 0) is 30.7 Å². The molecular formula is C12H18N4O. The largest absolute Gasteiger partial charge is 0.374 e. The number of nitrogens with zero attached hydrogens (tertiary/aromatic N) is 1. The van der Waals surface area contributed by atoms with E-state index in [0.29, 0.717) is 12.5 Å². The topological polar surface area (TPSA) is 77.9 Å². The smallest absolute Gasteiger partial charge is 0.323 e. The third-order valence-electron chi connectivity index (χ3n) is 2.93. The number of rotatable bonds is 4. The predicted molar refractivity (Wildman–Crippen MR) is 70.4 cm³/mol. The number of nitrogens with one attached hydrogen (secondary N) is 2. The van der Waals surface area contributed by atoms with Gasteiger partial charge in [0.05, 0.1) is 11.0 Å². The van der Waals surface area contributed by atoms with Crippen LogP contribution in [0.3, 0.4) is 0 Å². The van der Waals surface area contributed by atoms with Gasteiger partial charge in [0.25, 0.3) is 0 Å². The normalized spacial score (nSPS) is 12.9. The van der Waals surface area contributed by atoms with Crippen molar-refractivity contribution in [1.82, 2.24) is 9.97 Å². The molecular weight excluding hydrogens is 216 g/mol. The Labute approximate surface area is 99.6 Å². The Morgan fingerprint density at radius 2 is 2.06 bits per heavy atom. The number of H-pyrrole nitrogens is 2. The SMILES string of the molecule is CC(CN)CN(C)c1ccc2[nH]c(=O)[nH]c2c1. The first-order chi connectivity index (χ1) is 8.10. The first-order valence-electron chi connectivity index (χ1n) is 5.73. The Kier molecular flexibility index (Phi) is 3.19. The summed E-state index contributed by atoms with van der Waals surface area (Å²) in [4.78, 5) is 18.8. The van der Waals surface area contributed by atoms with Gasteiger partial charge in [-0.3, -0.25) is 0 Å². The summed E-state index contributed by atoms with van der Waals surface area (Å²) in [6.45, 7) is 3.69. The number of anilines is 1. The highest BCUT2D eigenvalue weighted by atomic mass is 16.1. The molecule has 1 aromatic heterocycles. The van der Waals surface area contributed by atoms with Crippen molar-refractivity contribution in [3.05, 3.63) is 28.7 Å². The van der Waals surface area contributed by atoms with E-state index >= 15 is 0 Å². The minimum atomic E-state index is -0.171. The van der Waals surface area contributed by atoms with Gasteiger partial charge < -0.3 is 20.6 Å². The van der Waals surface area contributed by atoms with Crippen molar-refractivity contribution in [2.75, 3.05) is 25.0 Å². The Hall–Kier alpha value is -1.75. The van der Waals surface area contributed by atoms with Gasteiger partial charge in [0.15, 0.2) is 0 Å². The molecule has 4 N–H and O–H groups in total. The molecule has 0 amide bonds. The van der Waals surface area contributed by atoms with Crippen molar-refractivity contribution in [2.24, 2.45) is 11.7 Å². The van der Waals surface area contributed by atoms with Gasteiger partial charge in [-0.2, -0.15) is 0 Å². The molecule has 17 heavy (non-hydrogen) atoms. The molecule has 0 saturated heterocycles. The molecule has 0 fully saturated rings. The van der Waals surface area contributed by atoms with Crippen LogP contribution in [0.5, 0.6) is 0 Å². The van der Waals surface area contributed by atoms with E-state index in [1.54, 1.807) is 0 Å². The summed E-state index contributed by atoms with van der Waals surface area (Å²) in [7, 11) is 2.03. The van der Waals surface area contributed by atoms with E-state index in [-0.39, 0.29) is 5.69 Å². The molecule has 5 nitrogen and oxygen atoms in total. The van der Waals surface area contributed by atoms with Crippen LogP contribution in [-0.4, -0.2) is 30.1 Å². The molecule has 92 valence electrons. The fraction of sp³-hybridized carbons (Fsp3) is 0.417. The standard InChI is InChI=1S/C12H18N4O/c1-8(6-13)7-16(2)9-3-4-10-11(5-9)15-12(17)14-10/h3-5,8H,6-7,13H2,1-2H3,(H2,14,15,17). The van der Waals surface area contributed by atoms with Gasteiger partial charge in [-0.1, -0.05) is 6.92 Å². The summed E-state index contributed by atoms with van der Waals surface area (Å²) in [5.74, 6) is 0.445. The first-order valence-corrected chi connectivity index (χ1v) is 5.73. The van der Waals surface area contributed by atoms with Gasteiger partial charge in [0.1, 0.15) is 0 Å². The molecule has 1 heterocycles. The van der Waals surface area contributed by atoms with Crippen molar-refractivity contribution in [1.29, 1.82) is 0 Å². The fourth-order valence-electron chi connectivity index (χ4n) is 1.91. The Morgan fingerprint density at radius 3 is 2.76 bits per heavy atom. The van der Waals surface area contributed by atoms with Crippen LogP contribution >= 0.6 is 0 Å². The molecule has 0 aliphatic heterocycles. The van der Waals surface area contributed by atoms with E-state index in [1.807, 2.05) is 25.2 Å². The summed E-state index contributed by atoms with van der Waals surface area (Å²) in [6, 6.07) is 5.87. The average Bonchev–Trinajstić information content (AvgIpc) is 2.67. The third kappa shape index (κ3) is 2.50. The molecule has 0 saturated carbocycles. The van der Waals surface area contributed by atoms with E-state index in [2.05, 4.69) is 21.8 Å². The van der Waals surface area contributed by atoms with Gasteiger partial charge in [0.2, 0.25) is 0 Å². The van der Waals surface area contributed by atoms with Crippen LogP contribution in [0, 0.1) is 5.92 Å². The summed E-state index contributed by atoms with van der Waals surface area (Å²) in [5.41, 5.74) is 8.18. The van der Waals surface area contributed by atoms with Crippen LogP contribution in [-0.2, 0) is 0 Å². The minimum Gasteiger partial charge on any atom is -0.374 e. The molecule has 2 aromatic rings. The maximum atomic E-state index is 11.2. The highest BCUT2D eigenvalue weighted by Crippen LogP contribution is 2.18. The summed E-state index contributed by atoms with van der Waals surface area (Å²) in [6.07, 6.45) is 0. The van der Waals surface area contributed by atoms with Crippen molar-refractivity contribution in [3.63, 3.8) is 0 Å². The summed E-state index contributed by atoms with van der Waals surface area (Å²) < 4.78 is 0. The maximum absolute atomic E-state index is 11.2. The Balaban J connectivity index is 2.26. The van der Waals surface area contributed by atoms with Crippen LogP contribution < -0.4 is 16.3 Å². The van der Waals surface area contributed by atoms with E-state index in [1.165, 1.54) is 0 Å². The van der Waals surface area contributed by atoms with Crippen molar-refractivity contribution in [3.8, 4) is 0 Å². The quantitative estimate of drug-likeness (QED) is 0.735. The molecule has 0 radical (unpaired) electrons. The highest BCUT2D eigenvalue weighted by molar-refractivity contribution is 5.78. The third-order valence-corrected chi connectivity index (χ3v) is 2.93. The van der Waals surface area contributed by atoms with Gasteiger partial charge >= 0.3 is 5.69 Å². The van der Waals surface area contributed by atoms with E-state index in [0.717, 1.165) is 23.3 Å². The number of hydrogen-bond donors (Lipinski definition) is 3. The van der Waals surface area contributed by atoms with Crippen LogP contribution in [0.1, 0.15) is 6.92 Å². The zero-order chi connectivity index (χ0) is 12.4. The van der Waals surface area contributed by atoms with Gasteiger partial charge in [0, 0.05) is 19.3 Å². The molecule has 0 aliphatic carbocycles. The number of hydrogen-bond acceptors (Lipinski definition) is 3. The molecule has 5 heteroatoms. The zero-order valence-corrected chi connectivity index (χ0v) is 10.2. The Bertz CT molecular complexity index is 557. The first kappa shape index (κ1) is 11.7. The van der Waals surface area contributed by atoms with Crippen molar-refractivity contribution in [2.45, 2.75) is 6.92 Å². The second kappa shape index (κ2) is 4.63. The molecule has 1 unspecified atom stereocenters. The monoisotopic (exact) mass is 234 g/mol. The van der Waals surface area contributed by atoms with E-state index in [4.69, 9.17) is 5.73 Å². The fourth-order valence-corrected chi connectivity index (χ4v) is 1.91. The van der Waals surface area contributed by atoms with Crippen LogP contribution in [0.25, 0.3) is 11.0 Å². The van der Waals surface area contributed by atoms with Crippen LogP contribution in [0.4, 0.5) is 5.69 Å². The lowest BCUT2D eigenvalue weighted by Crippen LogP contribution is -2.28. The molecule has 1 aromatic carbocycles. The van der Waals surface area contributed by atoms with Gasteiger partial charge in [-0.15, -0.1) is 0 Å². The lowest BCUT2D eigenvalue weighted by atomic mass is 10.1. The molecule has 0 bridgehead atoms. The van der Waals surface area contributed by atoms with Crippen molar-refractivity contribution >= 4 is 16.7 Å². The summed E-state index contributed by atoms with van der Waals surface area (Å²) in [5, 5.41) is 0. The van der Waals surface area contributed by atoms with Crippen LogP contribution in [0.15, 0.2) is 23.0 Å². The minimum absolute atomic E-state index is 0.171. The number of fused-ring (bicyclic) bond motifs is 1. The lowest BCUT2D eigenvalue weighted by Gasteiger charge is -2.22. The van der Waals surface area contributed by atoms with E-state index < -0.39 is 0 Å². The van der Waals surface area contributed by atoms with Crippen molar-refractivity contribution < 1.29 is 0 Å². The van der Waals surface area contributed by atoms with E-state index in [9.17, 15) is 4.79 Å². The maximum Gasteiger partial charge on any atom is 0.323 e. The number of aromatic nitrogens is 2. The molecule has 0 aliphatic rings. The number of aromatic amines is 2. The average molecular weight is 234 g/mol. The number of nitrogens with two attached hydrogens (primary N) is 1. The second-order valence-corrected chi connectivity index (χ2v) is 4.53. The van der Waals surface area contributed by atoms with Crippen LogP contribution in [0.2, 0.25) is 0 Å².